The quantitative estimate of drug-likeness (QED) is 0.300. The number of hydrogen-bond acceptors (Lipinski definition) is 5. The molecule has 0 radical (unpaired) electrons. The Hall–Kier alpha value is -2.70. The third-order valence-corrected chi connectivity index (χ3v) is 4.12. The molecule has 2 aromatic carbocycles. The van der Waals surface area contributed by atoms with Crippen molar-refractivity contribution in [2.45, 2.75) is 0 Å². The van der Waals surface area contributed by atoms with Gasteiger partial charge in [0.1, 0.15) is 11.6 Å². The van der Waals surface area contributed by atoms with Crippen molar-refractivity contribution in [1.82, 2.24) is 0 Å². The largest absolute Gasteiger partial charge is 0.501 e. The van der Waals surface area contributed by atoms with Crippen LogP contribution in [0.3, 0.4) is 0 Å². The number of halogens is 2. The summed E-state index contributed by atoms with van der Waals surface area (Å²) in [6.07, 6.45) is 1.20. The van der Waals surface area contributed by atoms with Crippen molar-refractivity contribution < 1.29 is 14.8 Å². The minimum atomic E-state index is -0.759. The van der Waals surface area contributed by atoms with Crippen molar-refractivity contribution in [3.05, 3.63) is 66.6 Å². The molecule has 0 bridgehead atoms. The van der Waals surface area contributed by atoms with Crippen molar-refractivity contribution in [1.29, 1.82) is 5.26 Å². The SMILES string of the molecule is N#C/C(=C/c1cc(Br)c(O)c([N+](=O)[O-])c1)C(=O)Nc1cccc(Br)c1. The molecule has 126 valence electrons. The Kier molecular flexibility index (Phi) is 5.90. The third kappa shape index (κ3) is 4.65. The molecule has 0 atom stereocenters. The number of nitrogens with zero attached hydrogens (tertiary/aromatic N) is 2. The Morgan fingerprint density at radius 3 is 2.64 bits per heavy atom. The first-order chi connectivity index (χ1) is 11.8. The van der Waals surface area contributed by atoms with Crippen molar-refractivity contribution in [3.63, 3.8) is 0 Å². The zero-order chi connectivity index (χ0) is 18.6. The normalized spacial score (nSPS) is 10.8. The van der Waals surface area contributed by atoms with Crippen LogP contribution in [-0.2, 0) is 4.79 Å². The predicted octanol–water partition coefficient (Wildman–Crippen LogP) is 4.37. The Balaban J connectivity index is 2.35. The number of aromatic hydroxyl groups is 1. The first-order valence-corrected chi connectivity index (χ1v) is 8.26. The molecule has 0 unspecified atom stereocenters. The lowest BCUT2D eigenvalue weighted by Gasteiger charge is -2.05. The first-order valence-electron chi connectivity index (χ1n) is 6.67. The van der Waals surface area contributed by atoms with Crippen LogP contribution in [0.2, 0.25) is 0 Å². The van der Waals surface area contributed by atoms with Crippen LogP contribution >= 0.6 is 31.9 Å². The summed E-state index contributed by atoms with van der Waals surface area (Å²) in [6.45, 7) is 0. The van der Waals surface area contributed by atoms with Crippen LogP contribution in [0.25, 0.3) is 6.08 Å². The number of rotatable bonds is 4. The Morgan fingerprint density at radius 1 is 1.32 bits per heavy atom. The van der Waals surface area contributed by atoms with Gasteiger partial charge in [-0.15, -0.1) is 0 Å². The van der Waals surface area contributed by atoms with Gasteiger partial charge in [-0.1, -0.05) is 22.0 Å². The molecule has 0 heterocycles. The van der Waals surface area contributed by atoms with Crippen LogP contribution < -0.4 is 5.32 Å². The number of anilines is 1. The molecule has 0 aliphatic heterocycles. The fourth-order valence-corrected chi connectivity index (χ4v) is 2.77. The first kappa shape index (κ1) is 18.6. The highest BCUT2D eigenvalue weighted by molar-refractivity contribution is 9.10. The molecular formula is C16H9Br2N3O4. The molecule has 1 amide bonds. The van der Waals surface area contributed by atoms with E-state index in [4.69, 9.17) is 0 Å². The fraction of sp³-hybridized carbons (Fsp3) is 0. The van der Waals surface area contributed by atoms with Gasteiger partial charge >= 0.3 is 5.69 Å². The van der Waals surface area contributed by atoms with Crippen LogP contribution in [0.15, 0.2) is 50.9 Å². The lowest BCUT2D eigenvalue weighted by atomic mass is 10.1. The van der Waals surface area contributed by atoms with E-state index in [1.807, 2.05) is 0 Å². The number of phenols is 1. The smallest absolute Gasteiger partial charge is 0.312 e. The zero-order valence-corrected chi connectivity index (χ0v) is 15.5. The molecule has 7 nitrogen and oxygen atoms in total. The van der Waals surface area contributed by atoms with Gasteiger partial charge in [-0.05, 0) is 51.8 Å². The number of hydrogen-bond donors (Lipinski definition) is 2. The monoisotopic (exact) mass is 465 g/mol. The number of nitro benzene ring substituents is 1. The minimum absolute atomic E-state index is 0.0811. The van der Waals surface area contributed by atoms with Crippen molar-refractivity contribution in [2.75, 3.05) is 5.32 Å². The molecule has 0 aliphatic rings. The maximum absolute atomic E-state index is 12.2. The van der Waals surface area contributed by atoms with Gasteiger partial charge in [0.05, 0.1) is 9.40 Å². The van der Waals surface area contributed by atoms with E-state index in [9.17, 15) is 25.3 Å². The van der Waals surface area contributed by atoms with E-state index in [0.717, 1.165) is 10.5 Å². The lowest BCUT2D eigenvalue weighted by Crippen LogP contribution is -2.13. The molecule has 2 rings (SSSR count). The molecule has 2 aromatic rings. The van der Waals surface area contributed by atoms with Gasteiger partial charge in [0.15, 0.2) is 0 Å². The number of phenolic OH excluding ortho intramolecular Hbond substituents is 1. The number of nitrogens with one attached hydrogen (secondary N) is 1. The average Bonchev–Trinajstić information content (AvgIpc) is 2.55. The third-order valence-electron chi connectivity index (χ3n) is 3.02. The van der Waals surface area contributed by atoms with Gasteiger partial charge in [-0.3, -0.25) is 14.9 Å². The highest BCUT2D eigenvalue weighted by Crippen LogP contribution is 2.35. The highest BCUT2D eigenvalue weighted by atomic mass is 79.9. The van der Waals surface area contributed by atoms with Gasteiger partial charge < -0.3 is 10.4 Å². The predicted molar refractivity (Wildman–Crippen MR) is 98.8 cm³/mol. The van der Waals surface area contributed by atoms with Gasteiger partial charge in [-0.2, -0.15) is 5.26 Å². The number of carbonyl (C=O) groups excluding carboxylic acids is 1. The van der Waals surface area contributed by atoms with Crippen LogP contribution in [0.5, 0.6) is 5.75 Å². The summed E-state index contributed by atoms with van der Waals surface area (Å²) < 4.78 is 0.837. The molecule has 0 saturated carbocycles. The second-order valence-corrected chi connectivity index (χ2v) is 6.53. The van der Waals surface area contributed by atoms with Gasteiger partial charge in [0.2, 0.25) is 5.75 Å². The van der Waals surface area contributed by atoms with E-state index in [1.165, 1.54) is 12.1 Å². The lowest BCUT2D eigenvalue weighted by molar-refractivity contribution is -0.386. The van der Waals surface area contributed by atoms with Crippen LogP contribution in [0, 0.1) is 21.4 Å². The Labute approximate surface area is 159 Å². The van der Waals surface area contributed by atoms with Crippen LogP contribution in [0.1, 0.15) is 5.56 Å². The molecule has 0 spiro atoms. The summed E-state index contributed by atoms with van der Waals surface area (Å²) in [6, 6.07) is 11.0. The number of nitriles is 1. The summed E-state index contributed by atoms with van der Waals surface area (Å²) in [4.78, 5) is 22.4. The fourth-order valence-electron chi connectivity index (χ4n) is 1.91. The maximum Gasteiger partial charge on any atom is 0.312 e. The standard InChI is InChI=1S/C16H9Br2N3O4/c17-11-2-1-3-12(7-11)20-16(23)10(8-19)4-9-5-13(18)15(22)14(6-9)21(24)25/h1-7,22H,(H,20,23)/b10-4-. The second-order valence-electron chi connectivity index (χ2n) is 4.76. The van der Waals surface area contributed by atoms with E-state index in [1.54, 1.807) is 30.3 Å². The van der Waals surface area contributed by atoms with E-state index in [-0.39, 0.29) is 15.6 Å². The number of nitro groups is 1. The number of amides is 1. The molecule has 9 heteroatoms. The molecule has 25 heavy (non-hydrogen) atoms. The van der Waals surface area contributed by atoms with E-state index in [0.29, 0.717) is 5.69 Å². The molecule has 0 saturated heterocycles. The van der Waals surface area contributed by atoms with E-state index >= 15 is 0 Å². The van der Waals surface area contributed by atoms with E-state index in [2.05, 4.69) is 37.2 Å². The summed E-state index contributed by atoms with van der Waals surface area (Å²) in [7, 11) is 0. The summed E-state index contributed by atoms with van der Waals surface area (Å²) in [5, 5.41) is 32.4. The molecular weight excluding hydrogens is 458 g/mol. The summed E-state index contributed by atoms with van der Waals surface area (Å²) in [5.41, 5.74) is -0.0760. The zero-order valence-electron chi connectivity index (χ0n) is 12.4. The Bertz CT molecular complexity index is 935. The maximum atomic E-state index is 12.2. The second kappa shape index (κ2) is 7.92. The van der Waals surface area contributed by atoms with Gasteiger partial charge in [0, 0.05) is 16.2 Å². The topological polar surface area (TPSA) is 116 Å². The van der Waals surface area contributed by atoms with Crippen molar-refractivity contribution in [3.8, 4) is 11.8 Å². The minimum Gasteiger partial charge on any atom is -0.501 e. The van der Waals surface area contributed by atoms with E-state index < -0.39 is 22.3 Å². The van der Waals surface area contributed by atoms with Crippen molar-refractivity contribution >= 4 is 55.2 Å². The summed E-state index contributed by atoms with van der Waals surface area (Å²) >= 11 is 6.28. The molecule has 2 N–H and O–H groups in total. The summed E-state index contributed by atoms with van der Waals surface area (Å²) in [5.74, 6) is -1.19. The average molecular weight is 467 g/mol. The Morgan fingerprint density at radius 2 is 2.04 bits per heavy atom. The van der Waals surface area contributed by atoms with Gasteiger partial charge in [0.25, 0.3) is 5.91 Å². The van der Waals surface area contributed by atoms with Gasteiger partial charge in [-0.25, -0.2) is 0 Å². The number of benzene rings is 2. The molecule has 0 fully saturated rings. The van der Waals surface area contributed by atoms with Crippen LogP contribution in [0.4, 0.5) is 11.4 Å². The van der Waals surface area contributed by atoms with Crippen molar-refractivity contribution in [2.24, 2.45) is 0 Å². The number of carbonyl (C=O) groups is 1. The molecule has 0 aromatic heterocycles. The molecule has 0 aliphatic carbocycles. The highest BCUT2D eigenvalue weighted by Gasteiger charge is 2.18. The van der Waals surface area contributed by atoms with Crippen LogP contribution in [-0.4, -0.2) is 15.9 Å².